The monoisotopic (exact) mass is 230 g/mol. The summed E-state index contributed by atoms with van der Waals surface area (Å²) in [5.74, 6) is -1.87. The van der Waals surface area contributed by atoms with E-state index in [9.17, 15) is 18.0 Å². The van der Waals surface area contributed by atoms with E-state index in [1.807, 2.05) is 0 Å². The third kappa shape index (κ3) is 3.20. The Hall–Kier alpha value is -1.62. The molecule has 0 unspecified atom stereocenters. The summed E-state index contributed by atoms with van der Waals surface area (Å²) in [6, 6.07) is 5.13. The van der Waals surface area contributed by atoms with Gasteiger partial charge in [-0.1, -0.05) is 30.4 Å². The van der Waals surface area contributed by atoms with Crippen molar-refractivity contribution in [2.75, 3.05) is 6.61 Å². The molecule has 1 aromatic rings. The van der Waals surface area contributed by atoms with Crippen LogP contribution in [0, 0.1) is 0 Å². The number of carbonyl (C=O) groups excluding carboxylic acids is 1. The molecule has 0 aliphatic carbocycles. The van der Waals surface area contributed by atoms with E-state index in [1.54, 1.807) is 6.07 Å². The number of ketones is 1. The number of alkyl halides is 3. The molecule has 0 spiro atoms. The number of carbonyl (C=O) groups is 1. The van der Waals surface area contributed by atoms with E-state index in [4.69, 9.17) is 5.11 Å². The standard InChI is InChI=1S/C11H9F3O2/c12-11(13,14)10(16)9-5-1-3-8(7-9)4-2-6-15/h1-5,7,15H,6H2. The number of aliphatic hydroxyl groups excluding tert-OH is 1. The molecule has 86 valence electrons. The fraction of sp³-hybridized carbons (Fsp3) is 0.182. The largest absolute Gasteiger partial charge is 0.454 e. The third-order valence-electron chi connectivity index (χ3n) is 1.82. The average Bonchev–Trinajstić information content (AvgIpc) is 2.24. The van der Waals surface area contributed by atoms with Crippen LogP contribution < -0.4 is 0 Å². The van der Waals surface area contributed by atoms with Crippen LogP contribution in [0.1, 0.15) is 15.9 Å². The zero-order chi connectivity index (χ0) is 12.2. The molecule has 5 heteroatoms. The molecule has 1 rings (SSSR count). The molecular formula is C11H9F3O2. The van der Waals surface area contributed by atoms with Gasteiger partial charge in [0.05, 0.1) is 6.61 Å². The molecular weight excluding hydrogens is 221 g/mol. The van der Waals surface area contributed by atoms with Gasteiger partial charge in [-0.3, -0.25) is 4.79 Å². The Morgan fingerprint density at radius 1 is 1.38 bits per heavy atom. The minimum atomic E-state index is -4.86. The summed E-state index contributed by atoms with van der Waals surface area (Å²) in [7, 11) is 0. The van der Waals surface area contributed by atoms with E-state index < -0.39 is 17.5 Å². The van der Waals surface area contributed by atoms with Gasteiger partial charge in [0, 0.05) is 5.56 Å². The predicted molar refractivity (Wildman–Crippen MR) is 52.9 cm³/mol. The lowest BCUT2D eigenvalue weighted by Crippen LogP contribution is -2.22. The highest BCUT2D eigenvalue weighted by Crippen LogP contribution is 2.22. The Kier molecular flexibility index (Phi) is 3.84. The van der Waals surface area contributed by atoms with Gasteiger partial charge in [-0.15, -0.1) is 0 Å². The molecule has 16 heavy (non-hydrogen) atoms. The van der Waals surface area contributed by atoms with Gasteiger partial charge in [0.2, 0.25) is 0 Å². The van der Waals surface area contributed by atoms with E-state index in [2.05, 4.69) is 0 Å². The smallest absolute Gasteiger partial charge is 0.392 e. The van der Waals surface area contributed by atoms with E-state index >= 15 is 0 Å². The summed E-state index contributed by atoms with van der Waals surface area (Å²) in [6.07, 6.45) is -2.05. The summed E-state index contributed by atoms with van der Waals surface area (Å²) in [6.45, 7) is -0.211. The van der Waals surface area contributed by atoms with Crippen molar-refractivity contribution < 1.29 is 23.1 Å². The second-order valence-electron chi connectivity index (χ2n) is 3.04. The van der Waals surface area contributed by atoms with Gasteiger partial charge < -0.3 is 5.11 Å². The van der Waals surface area contributed by atoms with Crippen LogP contribution in [-0.4, -0.2) is 23.7 Å². The van der Waals surface area contributed by atoms with Crippen LogP contribution in [0.3, 0.4) is 0 Å². The highest BCUT2D eigenvalue weighted by molar-refractivity contribution is 6.00. The lowest BCUT2D eigenvalue weighted by Gasteiger charge is -2.05. The van der Waals surface area contributed by atoms with Crippen LogP contribution in [0.5, 0.6) is 0 Å². The Morgan fingerprint density at radius 2 is 2.06 bits per heavy atom. The fourth-order valence-electron chi connectivity index (χ4n) is 1.14. The number of hydrogen-bond acceptors (Lipinski definition) is 2. The maximum absolute atomic E-state index is 12.1. The molecule has 0 saturated carbocycles. The van der Waals surface area contributed by atoms with E-state index in [1.165, 1.54) is 18.2 Å². The van der Waals surface area contributed by atoms with Gasteiger partial charge in [0.15, 0.2) is 0 Å². The molecule has 0 bridgehead atoms. The van der Waals surface area contributed by atoms with Crippen molar-refractivity contribution >= 4 is 11.9 Å². The molecule has 0 aliphatic heterocycles. The van der Waals surface area contributed by atoms with Crippen LogP contribution in [0.15, 0.2) is 30.3 Å². The van der Waals surface area contributed by atoms with Gasteiger partial charge in [0.1, 0.15) is 0 Å². The molecule has 1 aromatic carbocycles. The van der Waals surface area contributed by atoms with Crippen molar-refractivity contribution in [3.05, 3.63) is 41.5 Å². The Balaban J connectivity index is 2.99. The molecule has 0 heterocycles. The number of Topliss-reactive ketones (excluding diaryl/α,β-unsaturated/α-hetero) is 1. The summed E-state index contributed by atoms with van der Waals surface area (Å²) in [4.78, 5) is 10.9. The SMILES string of the molecule is O=C(c1cccc(C=CCO)c1)C(F)(F)F. The van der Waals surface area contributed by atoms with Crippen molar-refractivity contribution in [3.8, 4) is 0 Å². The lowest BCUT2D eigenvalue weighted by molar-refractivity contribution is -0.0885. The minimum absolute atomic E-state index is 0.211. The van der Waals surface area contributed by atoms with Gasteiger partial charge >= 0.3 is 6.18 Å². The third-order valence-corrected chi connectivity index (χ3v) is 1.82. The molecule has 0 amide bonds. The second-order valence-corrected chi connectivity index (χ2v) is 3.04. The topological polar surface area (TPSA) is 37.3 Å². The predicted octanol–water partition coefficient (Wildman–Crippen LogP) is 2.44. The molecule has 2 nitrogen and oxygen atoms in total. The molecule has 0 aromatic heterocycles. The summed E-state index contributed by atoms with van der Waals surface area (Å²) in [5, 5.41) is 8.50. The molecule has 0 radical (unpaired) electrons. The minimum Gasteiger partial charge on any atom is -0.392 e. The van der Waals surface area contributed by atoms with Crippen LogP contribution >= 0.6 is 0 Å². The van der Waals surface area contributed by atoms with Crippen LogP contribution in [-0.2, 0) is 0 Å². The van der Waals surface area contributed by atoms with Crippen molar-refractivity contribution in [1.29, 1.82) is 0 Å². The van der Waals surface area contributed by atoms with Crippen molar-refractivity contribution in [2.24, 2.45) is 0 Å². The zero-order valence-corrected chi connectivity index (χ0v) is 8.16. The number of halogens is 3. The van der Waals surface area contributed by atoms with Crippen LogP contribution in [0.2, 0.25) is 0 Å². The highest BCUT2D eigenvalue weighted by Gasteiger charge is 2.39. The number of benzene rings is 1. The summed E-state index contributed by atoms with van der Waals surface area (Å²) < 4.78 is 36.3. The van der Waals surface area contributed by atoms with Crippen LogP contribution in [0.4, 0.5) is 13.2 Å². The fourth-order valence-corrected chi connectivity index (χ4v) is 1.14. The molecule has 0 saturated heterocycles. The van der Waals surface area contributed by atoms with Gasteiger partial charge in [0.25, 0.3) is 5.78 Å². The first-order valence-electron chi connectivity index (χ1n) is 4.44. The van der Waals surface area contributed by atoms with Crippen molar-refractivity contribution in [2.45, 2.75) is 6.18 Å². The van der Waals surface area contributed by atoms with E-state index in [-0.39, 0.29) is 6.61 Å². The normalized spacial score (nSPS) is 12.0. The van der Waals surface area contributed by atoms with E-state index in [0.717, 1.165) is 12.1 Å². The maximum atomic E-state index is 12.1. The molecule has 0 fully saturated rings. The average molecular weight is 230 g/mol. The van der Waals surface area contributed by atoms with Gasteiger partial charge in [-0.05, 0) is 11.6 Å². The number of aliphatic hydroxyl groups is 1. The summed E-state index contributed by atoms with van der Waals surface area (Å²) in [5.41, 5.74) is 0.0248. The number of rotatable bonds is 3. The molecule has 0 aliphatic rings. The van der Waals surface area contributed by atoms with Crippen molar-refractivity contribution in [1.82, 2.24) is 0 Å². The Morgan fingerprint density at radius 3 is 2.62 bits per heavy atom. The second kappa shape index (κ2) is 4.94. The van der Waals surface area contributed by atoms with Gasteiger partial charge in [-0.25, -0.2) is 0 Å². The maximum Gasteiger partial charge on any atom is 0.454 e. The first kappa shape index (κ1) is 12.4. The van der Waals surface area contributed by atoms with Crippen LogP contribution in [0.25, 0.3) is 6.08 Å². The summed E-state index contributed by atoms with van der Waals surface area (Å²) >= 11 is 0. The lowest BCUT2D eigenvalue weighted by atomic mass is 10.1. The van der Waals surface area contributed by atoms with E-state index in [0.29, 0.717) is 5.56 Å². The Labute approximate surface area is 90.0 Å². The quantitative estimate of drug-likeness (QED) is 0.810. The first-order chi connectivity index (χ1) is 7.45. The molecule has 1 N–H and O–H groups in total. The number of hydrogen-bond donors (Lipinski definition) is 1. The Bertz CT molecular complexity index is 408. The first-order valence-corrected chi connectivity index (χ1v) is 4.44. The highest BCUT2D eigenvalue weighted by atomic mass is 19.4. The zero-order valence-electron chi connectivity index (χ0n) is 8.16. The van der Waals surface area contributed by atoms with Gasteiger partial charge in [-0.2, -0.15) is 13.2 Å². The molecule has 0 atom stereocenters. The van der Waals surface area contributed by atoms with Crippen molar-refractivity contribution in [3.63, 3.8) is 0 Å².